The Bertz CT molecular complexity index is 2810. The van der Waals surface area contributed by atoms with Crippen LogP contribution in [0.3, 0.4) is 0 Å². The highest BCUT2D eigenvalue weighted by atomic mass is 28.3. The van der Waals surface area contributed by atoms with Crippen molar-refractivity contribution < 1.29 is 4.42 Å². The van der Waals surface area contributed by atoms with E-state index >= 15 is 0 Å². The van der Waals surface area contributed by atoms with Crippen molar-refractivity contribution >= 4 is 67.8 Å². The van der Waals surface area contributed by atoms with E-state index in [1.165, 1.54) is 31.9 Å². The third-order valence-electron chi connectivity index (χ3n) is 11.2. The second-order valence-corrected chi connectivity index (χ2v) is 18.3. The Kier molecular flexibility index (Phi) is 8.90. The van der Waals surface area contributed by atoms with Crippen LogP contribution in [0.25, 0.3) is 44.2 Å². The topological polar surface area (TPSA) is 16.4 Å². The molecule has 2 nitrogen and oxygen atoms in total. The van der Waals surface area contributed by atoms with Crippen molar-refractivity contribution in [3.63, 3.8) is 0 Å². The molecule has 0 aliphatic carbocycles. The molecule has 10 aromatic rings. The summed E-state index contributed by atoms with van der Waals surface area (Å²) in [5, 5.41) is 7.70. The van der Waals surface area contributed by atoms with Gasteiger partial charge in [-0.2, -0.15) is 0 Å². The number of hydrogen-bond acceptors (Lipinski definition) is 2. The van der Waals surface area contributed by atoms with Crippen molar-refractivity contribution in [2.24, 2.45) is 0 Å². The van der Waals surface area contributed by atoms with Crippen LogP contribution in [0.4, 0.5) is 17.1 Å². The Balaban J connectivity index is 1.09. The average Bonchev–Trinajstić information content (AvgIpc) is 3.67. The van der Waals surface area contributed by atoms with Gasteiger partial charge in [-0.3, -0.25) is 0 Å². The number of para-hydroxylation sites is 1. The summed E-state index contributed by atoms with van der Waals surface area (Å²) in [6, 6.07) is 85.8. The summed E-state index contributed by atoms with van der Waals surface area (Å²) in [5.74, 6) is 0. The summed E-state index contributed by atoms with van der Waals surface area (Å²) in [6.45, 7) is 0. The van der Waals surface area contributed by atoms with Gasteiger partial charge in [0.1, 0.15) is 11.2 Å². The monoisotopic (exact) mass is 745 g/mol. The Morgan fingerprint density at radius 3 is 1.18 bits per heavy atom. The van der Waals surface area contributed by atoms with E-state index in [4.69, 9.17) is 4.42 Å². The van der Waals surface area contributed by atoms with Gasteiger partial charge in [-0.05, 0) is 97.6 Å². The summed E-state index contributed by atoms with van der Waals surface area (Å²) in [6.07, 6.45) is 0. The molecule has 0 amide bonds. The Hall–Kier alpha value is -7.20. The minimum absolute atomic E-state index is 0.906. The summed E-state index contributed by atoms with van der Waals surface area (Å²) >= 11 is 0. The van der Waals surface area contributed by atoms with Crippen LogP contribution < -0.4 is 25.6 Å². The van der Waals surface area contributed by atoms with Crippen LogP contribution in [0.15, 0.2) is 241 Å². The van der Waals surface area contributed by atoms with Crippen LogP contribution in [-0.2, 0) is 0 Å². The summed E-state index contributed by atoms with van der Waals surface area (Å²) in [7, 11) is -2.66. The summed E-state index contributed by atoms with van der Waals surface area (Å²) < 4.78 is 6.13. The minimum atomic E-state index is -2.66. The molecule has 0 aliphatic rings. The van der Waals surface area contributed by atoms with Gasteiger partial charge in [0.05, 0.1) is 0 Å². The fourth-order valence-electron chi connectivity index (χ4n) is 8.51. The lowest BCUT2D eigenvalue weighted by molar-refractivity contribution is 0.669. The van der Waals surface area contributed by atoms with Crippen LogP contribution >= 0.6 is 0 Å². The number of benzene rings is 9. The molecule has 0 bridgehead atoms. The maximum absolute atomic E-state index is 6.13. The summed E-state index contributed by atoms with van der Waals surface area (Å²) in [4.78, 5) is 2.37. The van der Waals surface area contributed by atoms with Crippen LogP contribution in [0.5, 0.6) is 0 Å². The SMILES string of the molecule is c1ccc(-c2ccc(N(c3ccc(-c4ccc5oc6ccccc6c5c4)cc3)c3ccc([Si](c4ccccc4)(c4ccccc4)c4ccccc4)cc3)cc2)cc1. The second kappa shape index (κ2) is 14.8. The van der Waals surface area contributed by atoms with Gasteiger partial charge in [0, 0.05) is 27.8 Å². The molecule has 0 radical (unpaired) electrons. The molecular formula is C54H39NOSi. The highest BCUT2D eigenvalue weighted by molar-refractivity contribution is 7.19. The quantitative estimate of drug-likeness (QED) is 0.108. The summed E-state index contributed by atoms with van der Waals surface area (Å²) in [5.41, 5.74) is 9.82. The molecule has 1 aromatic heterocycles. The van der Waals surface area contributed by atoms with Crippen molar-refractivity contribution in [3.8, 4) is 22.3 Å². The molecule has 10 rings (SSSR count). The van der Waals surface area contributed by atoms with Crippen molar-refractivity contribution in [1.29, 1.82) is 0 Å². The number of nitrogens with zero attached hydrogens (tertiary/aromatic N) is 1. The third-order valence-corrected chi connectivity index (χ3v) is 16.0. The number of furan rings is 1. The van der Waals surface area contributed by atoms with Crippen molar-refractivity contribution in [3.05, 3.63) is 237 Å². The smallest absolute Gasteiger partial charge is 0.179 e. The van der Waals surface area contributed by atoms with E-state index in [-0.39, 0.29) is 0 Å². The molecule has 0 atom stereocenters. The van der Waals surface area contributed by atoms with E-state index in [2.05, 4.69) is 229 Å². The van der Waals surface area contributed by atoms with Gasteiger partial charge in [-0.15, -0.1) is 0 Å². The lowest BCUT2D eigenvalue weighted by Crippen LogP contribution is -2.74. The first-order valence-corrected chi connectivity index (χ1v) is 21.5. The zero-order chi connectivity index (χ0) is 38.0. The van der Waals surface area contributed by atoms with Crippen molar-refractivity contribution in [1.82, 2.24) is 0 Å². The van der Waals surface area contributed by atoms with Crippen LogP contribution in [0.1, 0.15) is 0 Å². The van der Waals surface area contributed by atoms with Crippen molar-refractivity contribution in [2.75, 3.05) is 4.90 Å². The molecule has 0 unspecified atom stereocenters. The molecule has 270 valence electrons. The van der Waals surface area contributed by atoms with E-state index in [1.807, 2.05) is 12.1 Å². The zero-order valence-corrected chi connectivity index (χ0v) is 32.4. The third kappa shape index (κ3) is 6.25. The van der Waals surface area contributed by atoms with Gasteiger partial charge in [0.2, 0.25) is 0 Å². The first-order chi connectivity index (χ1) is 28.3. The fraction of sp³-hybridized carbons (Fsp3) is 0. The van der Waals surface area contributed by atoms with Gasteiger partial charge in [-0.25, -0.2) is 0 Å². The van der Waals surface area contributed by atoms with Gasteiger partial charge in [0.15, 0.2) is 8.07 Å². The molecule has 3 heteroatoms. The largest absolute Gasteiger partial charge is 0.456 e. The zero-order valence-electron chi connectivity index (χ0n) is 31.4. The molecule has 0 saturated heterocycles. The fourth-order valence-corrected chi connectivity index (χ4v) is 13.3. The highest BCUT2D eigenvalue weighted by Gasteiger charge is 2.41. The Labute approximate surface area is 334 Å². The molecule has 0 N–H and O–H groups in total. The normalized spacial score (nSPS) is 11.5. The molecule has 9 aromatic carbocycles. The lowest BCUT2D eigenvalue weighted by atomic mass is 10.0. The predicted octanol–water partition coefficient (Wildman–Crippen LogP) is 11.8. The Morgan fingerprint density at radius 2 is 0.649 bits per heavy atom. The minimum Gasteiger partial charge on any atom is -0.456 e. The Morgan fingerprint density at radius 1 is 0.281 bits per heavy atom. The van der Waals surface area contributed by atoms with E-state index < -0.39 is 8.07 Å². The number of anilines is 3. The first-order valence-electron chi connectivity index (χ1n) is 19.5. The van der Waals surface area contributed by atoms with Gasteiger partial charge in [-0.1, -0.05) is 182 Å². The van der Waals surface area contributed by atoms with Crippen LogP contribution in [0, 0.1) is 0 Å². The molecular weight excluding hydrogens is 707 g/mol. The molecule has 0 spiro atoms. The van der Waals surface area contributed by atoms with Crippen molar-refractivity contribution in [2.45, 2.75) is 0 Å². The van der Waals surface area contributed by atoms with Gasteiger partial charge < -0.3 is 9.32 Å². The lowest BCUT2D eigenvalue weighted by Gasteiger charge is -2.35. The van der Waals surface area contributed by atoms with Crippen LogP contribution in [0.2, 0.25) is 0 Å². The van der Waals surface area contributed by atoms with E-state index in [9.17, 15) is 0 Å². The highest BCUT2D eigenvalue weighted by Crippen LogP contribution is 2.38. The maximum Gasteiger partial charge on any atom is 0.179 e. The molecule has 0 fully saturated rings. The second-order valence-electron chi connectivity index (χ2n) is 14.5. The standard InChI is InChI=1S/C54H39NOSi/c1-5-15-40(16-6-1)41-25-30-44(31-26-41)55(45-32-27-42(28-33-45)43-29-38-54-52(39-43)51-23-13-14-24-53(51)56-54)46-34-36-50(37-35-46)57(47-17-7-2-8-18-47,48-19-9-3-10-20-48)49-21-11-4-12-22-49/h1-39H. The van der Waals surface area contributed by atoms with Gasteiger partial charge >= 0.3 is 0 Å². The van der Waals surface area contributed by atoms with E-state index in [0.717, 1.165) is 50.1 Å². The van der Waals surface area contributed by atoms with E-state index in [1.54, 1.807) is 0 Å². The van der Waals surface area contributed by atoms with E-state index in [0.29, 0.717) is 0 Å². The molecule has 57 heavy (non-hydrogen) atoms. The molecule has 0 saturated carbocycles. The van der Waals surface area contributed by atoms with Gasteiger partial charge in [0.25, 0.3) is 0 Å². The first kappa shape index (κ1) is 34.3. The number of rotatable bonds is 9. The maximum atomic E-state index is 6.13. The van der Waals surface area contributed by atoms with Crippen LogP contribution in [-0.4, -0.2) is 8.07 Å². The predicted molar refractivity (Wildman–Crippen MR) is 243 cm³/mol. The molecule has 0 aliphatic heterocycles. The number of hydrogen-bond donors (Lipinski definition) is 0. The number of fused-ring (bicyclic) bond motifs is 3. The molecule has 1 heterocycles. The average molecular weight is 746 g/mol.